The zero-order chi connectivity index (χ0) is 15.9. The molecule has 0 fully saturated rings. The molecule has 2 unspecified atom stereocenters. The van der Waals surface area contributed by atoms with Gasteiger partial charge in [-0.3, -0.25) is 0 Å². The summed E-state index contributed by atoms with van der Waals surface area (Å²) in [5, 5.41) is 11.6. The molecule has 0 radical (unpaired) electrons. The standard InChI is InChI=1S/C14H27NO5/c1-9(2)10(8-19-6)7-11(12(16)17)15-13(18)20-14(3,4)5/h9-11H,7-8H2,1-6H3,(H,15,18)(H,16,17). The van der Waals surface area contributed by atoms with Crippen molar-refractivity contribution in [2.75, 3.05) is 13.7 Å². The maximum atomic E-state index is 11.7. The van der Waals surface area contributed by atoms with E-state index >= 15 is 0 Å². The molecule has 0 aromatic carbocycles. The number of rotatable bonds is 7. The number of hydrogen-bond donors (Lipinski definition) is 2. The number of nitrogens with one attached hydrogen (secondary N) is 1. The largest absolute Gasteiger partial charge is 0.480 e. The zero-order valence-corrected chi connectivity index (χ0v) is 13.2. The van der Waals surface area contributed by atoms with Crippen LogP contribution in [0.3, 0.4) is 0 Å². The Labute approximate surface area is 120 Å². The molecule has 0 bridgehead atoms. The number of carbonyl (C=O) groups is 2. The highest BCUT2D eigenvalue weighted by Crippen LogP contribution is 2.18. The lowest BCUT2D eigenvalue weighted by Gasteiger charge is -2.26. The highest BCUT2D eigenvalue weighted by Gasteiger charge is 2.28. The molecule has 0 aliphatic heterocycles. The molecule has 0 aromatic rings. The number of carboxylic acids is 1. The van der Waals surface area contributed by atoms with Gasteiger partial charge in [-0.25, -0.2) is 9.59 Å². The van der Waals surface area contributed by atoms with Gasteiger partial charge in [-0.05, 0) is 39.0 Å². The van der Waals surface area contributed by atoms with E-state index in [1.807, 2.05) is 13.8 Å². The number of carbonyl (C=O) groups excluding carboxylic acids is 1. The average molecular weight is 289 g/mol. The molecular weight excluding hydrogens is 262 g/mol. The summed E-state index contributed by atoms with van der Waals surface area (Å²) in [4.78, 5) is 22.9. The van der Waals surface area contributed by atoms with Gasteiger partial charge in [0.05, 0.1) is 0 Å². The minimum Gasteiger partial charge on any atom is -0.480 e. The van der Waals surface area contributed by atoms with Crippen LogP contribution in [0.4, 0.5) is 4.79 Å². The Hall–Kier alpha value is -1.30. The lowest BCUT2D eigenvalue weighted by atomic mass is 9.90. The van der Waals surface area contributed by atoms with E-state index in [2.05, 4.69) is 5.32 Å². The predicted molar refractivity (Wildman–Crippen MR) is 75.6 cm³/mol. The van der Waals surface area contributed by atoms with Crippen LogP contribution in [0.5, 0.6) is 0 Å². The fraction of sp³-hybridized carbons (Fsp3) is 0.857. The topological polar surface area (TPSA) is 84.9 Å². The van der Waals surface area contributed by atoms with E-state index in [1.165, 1.54) is 0 Å². The number of aliphatic carboxylic acids is 1. The summed E-state index contributed by atoms with van der Waals surface area (Å²) in [5.74, 6) is -0.758. The molecule has 1 amide bonds. The van der Waals surface area contributed by atoms with Gasteiger partial charge in [0.2, 0.25) is 0 Å². The van der Waals surface area contributed by atoms with Gasteiger partial charge >= 0.3 is 12.1 Å². The molecule has 6 nitrogen and oxygen atoms in total. The Balaban J connectivity index is 4.64. The molecule has 0 aliphatic carbocycles. The summed E-state index contributed by atoms with van der Waals surface area (Å²) in [6.07, 6.45) is -0.412. The van der Waals surface area contributed by atoms with E-state index in [-0.39, 0.29) is 11.8 Å². The van der Waals surface area contributed by atoms with E-state index in [9.17, 15) is 14.7 Å². The molecule has 0 aromatic heterocycles. The van der Waals surface area contributed by atoms with Crippen molar-refractivity contribution in [3.8, 4) is 0 Å². The molecule has 0 rings (SSSR count). The summed E-state index contributed by atoms with van der Waals surface area (Å²) >= 11 is 0. The van der Waals surface area contributed by atoms with Crippen LogP contribution in [0.25, 0.3) is 0 Å². The Morgan fingerprint density at radius 2 is 1.80 bits per heavy atom. The molecule has 0 saturated carbocycles. The summed E-state index contributed by atoms with van der Waals surface area (Å²) < 4.78 is 10.2. The monoisotopic (exact) mass is 289 g/mol. The van der Waals surface area contributed by atoms with Crippen molar-refractivity contribution >= 4 is 12.1 Å². The Morgan fingerprint density at radius 3 is 2.15 bits per heavy atom. The van der Waals surface area contributed by atoms with Gasteiger partial charge in [-0.1, -0.05) is 13.8 Å². The molecule has 20 heavy (non-hydrogen) atoms. The molecule has 0 saturated heterocycles. The summed E-state index contributed by atoms with van der Waals surface area (Å²) in [6, 6.07) is -0.979. The van der Waals surface area contributed by atoms with Crippen molar-refractivity contribution in [3.63, 3.8) is 0 Å². The fourth-order valence-corrected chi connectivity index (χ4v) is 1.72. The first-order valence-electron chi connectivity index (χ1n) is 6.78. The highest BCUT2D eigenvalue weighted by atomic mass is 16.6. The first-order valence-corrected chi connectivity index (χ1v) is 6.78. The second kappa shape index (κ2) is 8.09. The number of alkyl carbamates (subject to hydrolysis) is 1. The second-order valence-electron chi connectivity index (χ2n) is 6.23. The Kier molecular flexibility index (Phi) is 7.57. The third-order valence-electron chi connectivity index (χ3n) is 2.85. The summed E-state index contributed by atoms with van der Waals surface area (Å²) in [6.45, 7) is 9.63. The number of ether oxygens (including phenoxy) is 2. The van der Waals surface area contributed by atoms with Crippen LogP contribution < -0.4 is 5.32 Å². The van der Waals surface area contributed by atoms with Crippen LogP contribution in [-0.4, -0.2) is 42.5 Å². The third kappa shape index (κ3) is 7.99. The summed E-state index contributed by atoms with van der Waals surface area (Å²) in [5.41, 5.74) is -0.656. The van der Waals surface area contributed by atoms with Gasteiger partial charge in [-0.15, -0.1) is 0 Å². The molecule has 2 atom stereocenters. The lowest BCUT2D eigenvalue weighted by molar-refractivity contribution is -0.140. The van der Waals surface area contributed by atoms with Crippen LogP contribution in [0.15, 0.2) is 0 Å². The minimum absolute atomic E-state index is 0.0519. The van der Waals surface area contributed by atoms with Gasteiger partial charge in [0.15, 0.2) is 0 Å². The normalized spacial score (nSPS) is 14.8. The Morgan fingerprint density at radius 1 is 1.25 bits per heavy atom. The fourth-order valence-electron chi connectivity index (χ4n) is 1.72. The zero-order valence-electron chi connectivity index (χ0n) is 13.2. The van der Waals surface area contributed by atoms with Gasteiger partial charge in [0.25, 0.3) is 0 Å². The maximum Gasteiger partial charge on any atom is 0.408 e. The quantitative estimate of drug-likeness (QED) is 0.751. The number of hydrogen-bond acceptors (Lipinski definition) is 4. The van der Waals surface area contributed by atoms with E-state index in [0.29, 0.717) is 13.0 Å². The second-order valence-corrected chi connectivity index (χ2v) is 6.23. The molecule has 0 heterocycles. The Bertz CT molecular complexity index is 322. The third-order valence-corrected chi connectivity index (χ3v) is 2.85. The van der Waals surface area contributed by atoms with Gasteiger partial charge in [-0.2, -0.15) is 0 Å². The summed E-state index contributed by atoms with van der Waals surface area (Å²) in [7, 11) is 1.58. The van der Waals surface area contributed by atoms with Crippen LogP contribution in [0, 0.1) is 11.8 Å². The SMILES string of the molecule is COCC(CC(NC(=O)OC(C)(C)C)C(=O)O)C(C)C. The van der Waals surface area contributed by atoms with Crippen molar-refractivity contribution < 1.29 is 24.2 Å². The van der Waals surface area contributed by atoms with Crippen LogP contribution in [0.2, 0.25) is 0 Å². The highest BCUT2D eigenvalue weighted by molar-refractivity contribution is 5.80. The average Bonchev–Trinajstić information content (AvgIpc) is 2.24. The number of amides is 1. The molecule has 0 spiro atoms. The van der Waals surface area contributed by atoms with E-state index in [1.54, 1.807) is 27.9 Å². The van der Waals surface area contributed by atoms with Crippen LogP contribution in [-0.2, 0) is 14.3 Å². The van der Waals surface area contributed by atoms with Crippen LogP contribution >= 0.6 is 0 Å². The molecular formula is C14H27NO5. The first-order chi connectivity index (χ1) is 9.06. The van der Waals surface area contributed by atoms with Crippen molar-refractivity contribution in [3.05, 3.63) is 0 Å². The molecule has 2 N–H and O–H groups in total. The maximum absolute atomic E-state index is 11.7. The van der Waals surface area contributed by atoms with E-state index in [4.69, 9.17) is 9.47 Å². The molecule has 0 aliphatic rings. The smallest absolute Gasteiger partial charge is 0.408 e. The van der Waals surface area contributed by atoms with Crippen molar-refractivity contribution in [1.82, 2.24) is 5.32 Å². The first kappa shape index (κ1) is 18.7. The van der Waals surface area contributed by atoms with Crippen LogP contribution in [0.1, 0.15) is 41.0 Å². The van der Waals surface area contributed by atoms with Gasteiger partial charge in [0, 0.05) is 13.7 Å². The van der Waals surface area contributed by atoms with Crippen molar-refractivity contribution in [2.24, 2.45) is 11.8 Å². The predicted octanol–water partition coefficient (Wildman–Crippen LogP) is 2.27. The number of carboxylic acid groups (broad SMARTS) is 1. The molecule has 118 valence electrons. The van der Waals surface area contributed by atoms with E-state index < -0.39 is 23.7 Å². The van der Waals surface area contributed by atoms with E-state index in [0.717, 1.165) is 0 Å². The lowest BCUT2D eigenvalue weighted by Crippen LogP contribution is -2.45. The minimum atomic E-state index is -1.07. The number of methoxy groups -OCH3 is 1. The van der Waals surface area contributed by atoms with Gasteiger partial charge < -0.3 is 19.9 Å². The molecule has 6 heteroatoms. The van der Waals surface area contributed by atoms with Crippen molar-refractivity contribution in [2.45, 2.75) is 52.7 Å². The van der Waals surface area contributed by atoms with Crippen molar-refractivity contribution in [1.29, 1.82) is 0 Å². The van der Waals surface area contributed by atoms with Gasteiger partial charge in [0.1, 0.15) is 11.6 Å².